The second-order valence-corrected chi connectivity index (χ2v) is 5.83. The Labute approximate surface area is 112 Å². The van der Waals surface area contributed by atoms with Crippen molar-refractivity contribution in [2.24, 2.45) is 0 Å². The number of hydrogen-bond acceptors (Lipinski definition) is 2. The van der Waals surface area contributed by atoms with Crippen molar-refractivity contribution < 1.29 is 0 Å². The average Bonchev–Trinajstić information content (AvgIpc) is 2.29. The second kappa shape index (κ2) is 8.15. The molecule has 1 nitrogen and oxygen atoms in total. The van der Waals surface area contributed by atoms with Crippen molar-refractivity contribution in [3.8, 4) is 0 Å². The van der Waals surface area contributed by atoms with E-state index in [9.17, 15) is 0 Å². The van der Waals surface area contributed by atoms with E-state index in [1.54, 1.807) is 0 Å². The molecule has 1 aromatic rings. The zero-order valence-electron chi connectivity index (χ0n) is 10.0. The molecule has 0 bridgehead atoms. The summed E-state index contributed by atoms with van der Waals surface area (Å²) in [5, 5.41) is 3.55. The lowest BCUT2D eigenvalue weighted by atomic mass is 10.1. The molecule has 0 radical (unpaired) electrons. The van der Waals surface area contributed by atoms with Crippen LogP contribution in [0.2, 0.25) is 0 Å². The van der Waals surface area contributed by atoms with Crippen LogP contribution in [0.15, 0.2) is 28.7 Å². The van der Waals surface area contributed by atoms with E-state index in [1.165, 1.54) is 24.2 Å². The molecule has 1 rings (SSSR count). The van der Waals surface area contributed by atoms with E-state index < -0.39 is 0 Å². The van der Waals surface area contributed by atoms with E-state index in [-0.39, 0.29) is 0 Å². The molecule has 3 heteroatoms. The van der Waals surface area contributed by atoms with Crippen molar-refractivity contribution in [3.05, 3.63) is 34.3 Å². The van der Waals surface area contributed by atoms with Gasteiger partial charge in [0.15, 0.2) is 0 Å². The third-order valence-electron chi connectivity index (χ3n) is 2.60. The highest BCUT2D eigenvalue weighted by Crippen LogP contribution is 2.16. The Bertz CT molecular complexity index is 286. The zero-order chi connectivity index (χ0) is 11.8. The number of nitrogens with one attached hydrogen (secondary N) is 1. The van der Waals surface area contributed by atoms with E-state index >= 15 is 0 Å². The number of hydrogen-bond donors (Lipinski definition) is 1. The smallest absolute Gasteiger partial charge is 0.0291 e. The molecule has 0 saturated carbocycles. The topological polar surface area (TPSA) is 12.0 Å². The van der Waals surface area contributed by atoms with Crippen LogP contribution in [0, 0.1) is 0 Å². The maximum Gasteiger partial charge on any atom is 0.0291 e. The minimum Gasteiger partial charge on any atom is -0.310 e. The average molecular weight is 302 g/mol. The Morgan fingerprint density at radius 2 is 1.94 bits per heavy atom. The van der Waals surface area contributed by atoms with E-state index in [0.717, 1.165) is 11.0 Å². The highest BCUT2D eigenvalue weighted by Gasteiger charge is 2.03. The Morgan fingerprint density at radius 1 is 1.25 bits per heavy atom. The molecule has 0 aliphatic carbocycles. The molecule has 0 aliphatic heterocycles. The van der Waals surface area contributed by atoms with E-state index in [1.807, 2.05) is 11.8 Å². The zero-order valence-corrected chi connectivity index (χ0v) is 12.4. The number of rotatable bonds is 7. The van der Waals surface area contributed by atoms with Gasteiger partial charge in [-0.15, -0.1) is 0 Å². The van der Waals surface area contributed by atoms with Gasteiger partial charge in [0.05, 0.1) is 0 Å². The quantitative estimate of drug-likeness (QED) is 0.756. The summed E-state index contributed by atoms with van der Waals surface area (Å²) >= 11 is 5.38. The second-order valence-electron chi connectivity index (χ2n) is 3.93. The molecule has 0 spiro atoms. The molecular weight excluding hydrogens is 282 g/mol. The van der Waals surface area contributed by atoms with Crippen LogP contribution in [0.3, 0.4) is 0 Å². The summed E-state index contributed by atoms with van der Waals surface area (Å²) in [5.74, 6) is 1.27. The first-order valence-electron chi connectivity index (χ1n) is 5.72. The van der Waals surface area contributed by atoms with Gasteiger partial charge in [-0.25, -0.2) is 0 Å². The van der Waals surface area contributed by atoms with Gasteiger partial charge in [-0.2, -0.15) is 11.8 Å². The largest absolute Gasteiger partial charge is 0.310 e. The molecule has 1 aromatic carbocycles. The molecule has 0 amide bonds. The summed E-state index contributed by atoms with van der Waals surface area (Å²) in [6.07, 6.45) is 4.74. The van der Waals surface area contributed by atoms with Gasteiger partial charge in [-0.3, -0.25) is 0 Å². The number of thioether (sulfide) groups is 1. The summed E-state index contributed by atoms with van der Waals surface area (Å²) in [6, 6.07) is 8.98. The van der Waals surface area contributed by atoms with E-state index in [4.69, 9.17) is 0 Å². The van der Waals surface area contributed by atoms with Crippen molar-refractivity contribution in [3.63, 3.8) is 0 Å². The summed E-state index contributed by atoms with van der Waals surface area (Å²) in [7, 11) is 0. The van der Waals surface area contributed by atoms with E-state index in [0.29, 0.717) is 6.04 Å². The first-order chi connectivity index (χ1) is 7.74. The Morgan fingerprint density at radius 3 is 2.56 bits per heavy atom. The van der Waals surface area contributed by atoms with Crippen molar-refractivity contribution in [1.29, 1.82) is 0 Å². The van der Waals surface area contributed by atoms with Crippen molar-refractivity contribution in [2.75, 3.05) is 18.6 Å². The number of benzene rings is 1. The molecule has 16 heavy (non-hydrogen) atoms. The highest BCUT2D eigenvalue weighted by atomic mass is 79.9. The lowest BCUT2D eigenvalue weighted by Gasteiger charge is -2.14. The Hall–Kier alpha value is 0.01000. The molecule has 1 unspecified atom stereocenters. The molecule has 1 N–H and O–H groups in total. The van der Waals surface area contributed by atoms with Crippen LogP contribution >= 0.6 is 27.7 Å². The number of unbranched alkanes of at least 4 members (excludes halogenated alkanes) is 1. The van der Waals surface area contributed by atoms with Gasteiger partial charge in [0.2, 0.25) is 0 Å². The fourth-order valence-corrected chi connectivity index (χ4v) is 2.32. The molecule has 1 atom stereocenters. The first kappa shape index (κ1) is 14.1. The molecule has 0 fully saturated rings. The van der Waals surface area contributed by atoms with Crippen LogP contribution in [0.1, 0.15) is 31.4 Å². The summed E-state index contributed by atoms with van der Waals surface area (Å²) in [4.78, 5) is 0. The highest BCUT2D eigenvalue weighted by molar-refractivity contribution is 9.10. The Kier molecular flexibility index (Phi) is 7.17. The van der Waals surface area contributed by atoms with Crippen LogP contribution < -0.4 is 5.32 Å². The summed E-state index contributed by atoms with van der Waals surface area (Å²) in [5.41, 5.74) is 1.35. The minimum absolute atomic E-state index is 0.447. The lowest BCUT2D eigenvalue weighted by Crippen LogP contribution is -2.19. The van der Waals surface area contributed by atoms with Gasteiger partial charge in [-0.1, -0.05) is 28.1 Å². The van der Waals surface area contributed by atoms with Gasteiger partial charge in [0.25, 0.3) is 0 Å². The predicted octanol–water partition coefficient (Wildman–Crippen LogP) is 4.24. The predicted molar refractivity (Wildman–Crippen MR) is 78.2 cm³/mol. The maximum atomic E-state index is 3.55. The van der Waals surface area contributed by atoms with Crippen LogP contribution in [-0.4, -0.2) is 18.6 Å². The molecule has 0 aromatic heterocycles. The van der Waals surface area contributed by atoms with Crippen LogP contribution in [0.4, 0.5) is 0 Å². The van der Waals surface area contributed by atoms with Gasteiger partial charge < -0.3 is 5.32 Å². The SMILES string of the molecule is CSCCCCNC(C)c1ccc(Br)cc1. The van der Waals surface area contributed by atoms with Crippen LogP contribution in [-0.2, 0) is 0 Å². The van der Waals surface area contributed by atoms with Crippen LogP contribution in [0.5, 0.6) is 0 Å². The first-order valence-corrected chi connectivity index (χ1v) is 7.90. The van der Waals surface area contributed by atoms with Gasteiger partial charge in [0.1, 0.15) is 0 Å². The van der Waals surface area contributed by atoms with E-state index in [2.05, 4.69) is 58.7 Å². The third-order valence-corrected chi connectivity index (χ3v) is 3.82. The molecule has 0 heterocycles. The molecule has 90 valence electrons. The fraction of sp³-hybridized carbons (Fsp3) is 0.538. The molecule has 0 saturated heterocycles. The fourth-order valence-electron chi connectivity index (χ4n) is 1.56. The Balaban J connectivity index is 2.24. The summed E-state index contributed by atoms with van der Waals surface area (Å²) < 4.78 is 1.14. The van der Waals surface area contributed by atoms with Crippen LogP contribution in [0.25, 0.3) is 0 Å². The lowest BCUT2D eigenvalue weighted by molar-refractivity contribution is 0.555. The van der Waals surface area contributed by atoms with Gasteiger partial charge >= 0.3 is 0 Å². The normalized spacial score (nSPS) is 12.7. The minimum atomic E-state index is 0.447. The van der Waals surface area contributed by atoms with Crippen molar-refractivity contribution in [1.82, 2.24) is 5.32 Å². The standard InChI is InChI=1S/C13H20BrNS/c1-11(15-9-3-4-10-16-2)12-5-7-13(14)8-6-12/h5-8,11,15H,3-4,9-10H2,1-2H3. The summed E-state index contributed by atoms with van der Waals surface area (Å²) in [6.45, 7) is 3.33. The maximum absolute atomic E-state index is 3.55. The van der Waals surface area contributed by atoms with Gasteiger partial charge in [-0.05, 0) is 56.0 Å². The van der Waals surface area contributed by atoms with Crippen molar-refractivity contribution >= 4 is 27.7 Å². The van der Waals surface area contributed by atoms with Gasteiger partial charge in [0, 0.05) is 10.5 Å². The molecule has 0 aliphatic rings. The van der Waals surface area contributed by atoms with Crippen molar-refractivity contribution in [2.45, 2.75) is 25.8 Å². The number of halogens is 1. The third kappa shape index (κ3) is 5.37. The monoisotopic (exact) mass is 301 g/mol. The molecular formula is C13H20BrNS.